The Bertz CT molecular complexity index is 1680. The smallest absolute Gasteiger partial charge is 0.0171 e. The van der Waals surface area contributed by atoms with Gasteiger partial charge >= 0.3 is 0 Å². The van der Waals surface area contributed by atoms with Crippen molar-refractivity contribution in [3.05, 3.63) is 102 Å². The number of aryl methyl sites for hydroxylation is 1. The van der Waals surface area contributed by atoms with Crippen molar-refractivity contribution in [3.63, 3.8) is 0 Å². The molecule has 7 rings (SSSR count). The van der Waals surface area contributed by atoms with Crippen LogP contribution in [0.1, 0.15) is 17.5 Å². The van der Waals surface area contributed by atoms with Crippen LogP contribution in [-0.4, -0.2) is 0 Å². The minimum Gasteiger partial charge on any atom is -0.0836 e. The van der Waals surface area contributed by atoms with Crippen LogP contribution in [0.2, 0.25) is 0 Å². The Morgan fingerprint density at radius 1 is 0.433 bits per heavy atom. The van der Waals surface area contributed by atoms with Crippen LogP contribution in [-0.2, 0) is 6.42 Å². The van der Waals surface area contributed by atoms with Crippen molar-refractivity contribution >= 4 is 59.9 Å². The first kappa shape index (κ1) is 16.2. The van der Waals surface area contributed by atoms with Gasteiger partial charge in [0.2, 0.25) is 0 Å². The third-order valence-electron chi connectivity index (χ3n) is 6.71. The average molecular weight is 380 g/mol. The van der Waals surface area contributed by atoms with Gasteiger partial charge < -0.3 is 0 Å². The second-order valence-corrected chi connectivity index (χ2v) is 8.64. The highest BCUT2D eigenvalue weighted by Gasteiger charge is 2.09. The predicted molar refractivity (Wildman–Crippen MR) is 131 cm³/mol. The molecule has 0 radical (unpaired) electrons. The zero-order chi connectivity index (χ0) is 19.7. The van der Waals surface area contributed by atoms with Gasteiger partial charge in [0.05, 0.1) is 0 Å². The molecular weight excluding hydrogens is 360 g/mol. The minimum atomic E-state index is 1.15. The van der Waals surface area contributed by atoms with E-state index in [4.69, 9.17) is 0 Å². The fraction of sp³-hybridized carbons (Fsp3) is 0.0667. The van der Waals surface area contributed by atoms with Crippen molar-refractivity contribution in [2.45, 2.75) is 12.8 Å². The highest BCUT2D eigenvalue weighted by molar-refractivity contribution is 6.10. The Labute approximate surface area is 175 Å². The second-order valence-electron chi connectivity index (χ2n) is 8.64. The molecule has 6 aromatic carbocycles. The number of fused-ring (bicyclic) bond motifs is 6. The molecule has 0 N–H and O–H groups in total. The van der Waals surface area contributed by atoms with E-state index in [1.165, 1.54) is 65.0 Å². The first-order valence-corrected chi connectivity index (χ1v) is 10.7. The number of hydrogen-bond acceptors (Lipinski definition) is 0. The maximum absolute atomic E-state index is 2.39. The molecule has 1 aliphatic carbocycles. The zero-order valence-electron chi connectivity index (χ0n) is 16.7. The molecule has 140 valence electrons. The first-order valence-electron chi connectivity index (χ1n) is 10.7. The molecule has 1 aliphatic rings. The molecule has 0 heterocycles. The number of rotatable bonds is 0. The summed E-state index contributed by atoms with van der Waals surface area (Å²) in [5.74, 6) is 0. The molecular formula is C30H20. The monoisotopic (exact) mass is 380 g/mol. The summed E-state index contributed by atoms with van der Waals surface area (Å²) < 4.78 is 0. The van der Waals surface area contributed by atoms with E-state index < -0.39 is 0 Å². The first-order chi connectivity index (χ1) is 14.8. The molecule has 30 heavy (non-hydrogen) atoms. The molecule has 0 saturated carbocycles. The van der Waals surface area contributed by atoms with Gasteiger partial charge in [-0.1, -0.05) is 42.5 Å². The molecule has 0 nitrogen and oxygen atoms in total. The van der Waals surface area contributed by atoms with Gasteiger partial charge in [0.1, 0.15) is 0 Å². The minimum absolute atomic E-state index is 1.15. The predicted octanol–water partition coefficient (Wildman–Crippen LogP) is 8.41. The topological polar surface area (TPSA) is 0 Å². The Balaban J connectivity index is 1.52. The highest BCUT2D eigenvalue weighted by Crippen LogP contribution is 2.33. The summed E-state index contributed by atoms with van der Waals surface area (Å²) in [6, 6.07) is 32.1. The lowest BCUT2D eigenvalue weighted by Gasteiger charge is -2.13. The van der Waals surface area contributed by atoms with Gasteiger partial charge in [-0.05, 0) is 132 Å². The largest absolute Gasteiger partial charge is 0.0836 e. The van der Waals surface area contributed by atoms with Crippen molar-refractivity contribution in [1.82, 2.24) is 0 Å². The molecule has 0 fully saturated rings. The molecule has 0 heteroatoms. The van der Waals surface area contributed by atoms with Crippen LogP contribution in [0.25, 0.3) is 59.9 Å². The standard InChI is InChI=1S/C30H20/c1-2-6-20-10-24-14-28-18-30-16-26-12-22-8-4-3-7-21(22)11-25(26)15-29(30)17-27(28)13-23(24)9-19(20)5-1/h1-3,5-7,9-18H,4,8H2. The van der Waals surface area contributed by atoms with E-state index in [1.54, 1.807) is 0 Å². The summed E-state index contributed by atoms with van der Waals surface area (Å²) in [6.45, 7) is 0. The van der Waals surface area contributed by atoms with E-state index in [1.807, 2.05) is 0 Å². The molecule has 0 bridgehead atoms. The van der Waals surface area contributed by atoms with Crippen LogP contribution in [0.5, 0.6) is 0 Å². The SMILES string of the molecule is C1=Cc2cc3cc4cc5cc6cc7ccccc7cc6cc5cc4cc3cc2CC1. The van der Waals surface area contributed by atoms with Crippen molar-refractivity contribution in [2.24, 2.45) is 0 Å². The van der Waals surface area contributed by atoms with Gasteiger partial charge in [0.25, 0.3) is 0 Å². The van der Waals surface area contributed by atoms with E-state index in [2.05, 4.69) is 97.1 Å². The fourth-order valence-corrected chi connectivity index (χ4v) is 5.13. The molecule has 0 aromatic heterocycles. The average Bonchev–Trinajstić information content (AvgIpc) is 2.77. The highest BCUT2D eigenvalue weighted by atomic mass is 14.1. The number of hydrogen-bond donors (Lipinski definition) is 0. The van der Waals surface area contributed by atoms with Gasteiger partial charge in [-0.25, -0.2) is 0 Å². The van der Waals surface area contributed by atoms with E-state index in [0.717, 1.165) is 12.8 Å². The lowest BCUT2D eigenvalue weighted by atomic mass is 9.91. The van der Waals surface area contributed by atoms with Crippen LogP contribution in [0.3, 0.4) is 0 Å². The molecule has 6 aromatic rings. The summed E-state index contributed by atoms with van der Waals surface area (Å²) >= 11 is 0. The van der Waals surface area contributed by atoms with E-state index >= 15 is 0 Å². The molecule has 0 saturated heterocycles. The Hall–Kier alpha value is -3.64. The maximum atomic E-state index is 2.39. The second kappa shape index (κ2) is 5.93. The van der Waals surface area contributed by atoms with Gasteiger partial charge in [-0.3, -0.25) is 0 Å². The zero-order valence-corrected chi connectivity index (χ0v) is 16.7. The lowest BCUT2D eigenvalue weighted by Crippen LogP contribution is -1.94. The van der Waals surface area contributed by atoms with Crippen molar-refractivity contribution in [1.29, 1.82) is 0 Å². The van der Waals surface area contributed by atoms with Crippen molar-refractivity contribution in [3.8, 4) is 0 Å². The summed E-state index contributed by atoms with van der Waals surface area (Å²) in [5, 5.41) is 13.2. The van der Waals surface area contributed by atoms with E-state index in [-0.39, 0.29) is 0 Å². The van der Waals surface area contributed by atoms with Gasteiger partial charge in [0.15, 0.2) is 0 Å². The van der Waals surface area contributed by atoms with Crippen molar-refractivity contribution < 1.29 is 0 Å². The number of benzene rings is 6. The molecule has 0 aliphatic heterocycles. The molecule has 0 atom stereocenters. The summed E-state index contributed by atoms with van der Waals surface area (Å²) in [4.78, 5) is 0. The van der Waals surface area contributed by atoms with Crippen LogP contribution >= 0.6 is 0 Å². The lowest BCUT2D eigenvalue weighted by molar-refractivity contribution is 0.989. The molecule has 0 amide bonds. The quantitative estimate of drug-likeness (QED) is 0.232. The van der Waals surface area contributed by atoms with Crippen LogP contribution in [0, 0.1) is 0 Å². The molecule has 0 spiro atoms. The third-order valence-corrected chi connectivity index (χ3v) is 6.71. The maximum Gasteiger partial charge on any atom is -0.0171 e. The summed E-state index contributed by atoms with van der Waals surface area (Å²) in [5.41, 5.74) is 2.86. The van der Waals surface area contributed by atoms with Crippen molar-refractivity contribution in [2.75, 3.05) is 0 Å². The molecule has 0 unspecified atom stereocenters. The Morgan fingerprint density at radius 2 is 0.867 bits per heavy atom. The third kappa shape index (κ3) is 2.40. The van der Waals surface area contributed by atoms with E-state index in [0.29, 0.717) is 0 Å². The van der Waals surface area contributed by atoms with Gasteiger partial charge in [0, 0.05) is 0 Å². The Kier molecular flexibility index (Phi) is 3.20. The summed E-state index contributed by atoms with van der Waals surface area (Å²) in [6.07, 6.45) is 6.87. The van der Waals surface area contributed by atoms with Gasteiger partial charge in [-0.2, -0.15) is 0 Å². The van der Waals surface area contributed by atoms with E-state index in [9.17, 15) is 0 Å². The normalized spacial score (nSPS) is 13.6. The number of allylic oxidation sites excluding steroid dienone is 1. The van der Waals surface area contributed by atoms with Crippen LogP contribution in [0.4, 0.5) is 0 Å². The Morgan fingerprint density at radius 3 is 1.40 bits per heavy atom. The van der Waals surface area contributed by atoms with Gasteiger partial charge in [-0.15, -0.1) is 0 Å². The fourth-order valence-electron chi connectivity index (χ4n) is 5.13. The summed E-state index contributed by atoms with van der Waals surface area (Å²) in [7, 11) is 0. The van der Waals surface area contributed by atoms with Crippen LogP contribution < -0.4 is 0 Å². The van der Waals surface area contributed by atoms with Crippen LogP contribution in [0.15, 0.2) is 91.0 Å².